The second-order valence-electron chi connectivity index (χ2n) is 7.88. The number of fused-ring (bicyclic) bond motifs is 1. The van der Waals surface area contributed by atoms with Crippen molar-refractivity contribution in [1.82, 2.24) is 10.3 Å². The maximum Gasteiger partial charge on any atom is 0.422 e. The summed E-state index contributed by atoms with van der Waals surface area (Å²) < 4.78 is 89.6. The summed E-state index contributed by atoms with van der Waals surface area (Å²) in [7, 11) is 0. The molecule has 1 fully saturated rings. The van der Waals surface area contributed by atoms with Crippen LogP contribution in [-0.2, 0) is 11.0 Å². The second kappa shape index (κ2) is 8.23. The first-order valence-electron chi connectivity index (χ1n) is 9.82. The number of carboxylic acid groups (broad SMARTS) is 1. The number of benzene rings is 2. The Kier molecular flexibility index (Phi) is 5.71. The molecule has 1 aliphatic rings. The van der Waals surface area contributed by atoms with E-state index in [1.807, 2.05) is 0 Å². The Labute approximate surface area is 182 Å². The quantitative estimate of drug-likeness (QED) is 0.435. The van der Waals surface area contributed by atoms with Crippen LogP contribution in [0.2, 0.25) is 0 Å². The zero-order chi connectivity index (χ0) is 24.0. The second-order valence-corrected chi connectivity index (χ2v) is 7.88. The molecule has 0 spiro atoms. The minimum absolute atomic E-state index is 0.0557. The van der Waals surface area contributed by atoms with Gasteiger partial charge in [-0.15, -0.1) is 0 Å². The minimum Gasteiger partial charge on any atom is -0.483 e. The molecular formula is C21H16F6N2O4. The van der Waals surface area contributed by atoms with Crippen LogP contribution in [0, 0.1) is 5.92 Å². The van der Waals surface area contributed by atoms with Gasteiger partial charge in [0.2, 0.25) is 0 Å². The standard InChI is InChI=1S/C21H16F6N2O4/c22-20(23,24)9-32-17-8-12(14(19(30)31)5-10-1-2-10)6-13(18(17)21(25,26)27)11-3-4-15-16(7-11)29-33-28-15/h3-4,6-8,10,14H,1-2,5,9H2,(H,30,31). The normalized spacial score (nSPS) is 15.6. The van der Waals surface area contributed by atoms with E-state index in [2.05, 4.69) is 19.7 Å². The van der Waals surface area contributed by atoms with Gasteiger partial charge in [0.1, 0.15) is 22.3 Å². The summed E-state index contributed by atoms with van der Waals surface area (Å²) in [6.45, 7) is -1.97. The van der Waals surface area contributed by atoms with Crippen LogP contribution in [0.15, 0.2) is 35.0 Å². The summed E-state index contributed by atoms with van der Waals surface area (Å²) in [5.41, 5.74) is -1.72. The first-order valence-corrected chi connectivity index (χ1v) is 9.82. The fourth-order valence-corrected chi connectivity index (χ4v) is 3.65. The number of halogens is 6. The molecule has 3 aromatic rings. The van der Waals surface area contributed by atoms with E-state index in [9.17, 15) is 36.2 Å². The highest BCUT2D eigenvalue weighted by molar-refractivity contribution is 5.84. The van der Waals surface area contributed by atoms with Crippen molar-refractivity contribution in [2.75, 3.05) is 6.61 Å². The Morgan fingerprint density at radius 1 is 1.09 bits per heavy atom. The van der Waals surface area contributed by atoms with Crippen LogP contribution in [0.3, 0.4) is 0 Å². The third-order valence-electron chi connectivity index (χ3n) is 5.33. The largest absolute Gasteiger partial charge is 0.483 e. The number of carboxylic acids is 1. The fourth-order valence-electron chi connectivity index (χ4n) is 3.65. The lowest BCUT2D eigenvalue weighted by atomic mass is 9.88. The van der Waals surface area contributed by atoms with Crippen molar-refractivity contribution < 1.29 is 45.6 Å². The van der Waals surface area contributed by atoms with Crippen molar-refractivity contribution in [3.63, 3.8) is 0 Å². The molecular weight excluding hydrogens is 458 g/mol. The van der Waals surface area contributed by atoms with Crippen LogP contribution in [0.5, 0.6) is 5.75 Å². The Bertz CT molecular complexity index is 1180. The molecule has 0 bridgehead atoms. The molecule has 12 heteroatoms. The van der Waals surface area contributed by atoms with Crippen LogP contribution in [0.1, 0.15) is 36.3 Å². The summed E-state index contributed by atoms with van der Waals surface area (Å²) in [5.74, 6) is -3.49. The van der Waals surface area contributed by atoms with E-state index in [0.717, 1.165) is 25.0 Å². The fraction of sp³-hybridized carbons (Fsp3) is 0.381. The first-order chi connectivity index (χ1) is 15.4. The predicted octanol–water partition coefficient (Wildman–Crippen LogP) is 5.82. The van der Waals surface area contributed by atoms with Gasteiger partial charge in [0, 0.05) is 0 Å². The van der Waals surface area contributed by atoms with E-state index >= 15 is 0 Å². The summed E-state index contributed by atoms with van der Waals surface area (Å²) in [4.78, 5) is 11.9. The van der Waals surface area contributed by atoms with E-state index in [-0.39, 0.29) is 34.5 Å². The third-order valence-corrected chi connectivity index (χ3v) is 5.33. The number of rotatable bonds is 7. The lowest BCUT2D eigenvalue weighted by Crippen LogP contribution is -2.22. The molecule has 4 rings (SSSR count). The summed E-state index contributed by atoms with van der Waals surface area (Å²) in [5, 5.41) is 16.8. The Balaban J connectivity index is 1.92. The lowest BCUT2D eigenvalue weighted by molar-refractivity contribution is -0.158. The average molecular weight is 474 g/mol. The average Bonchev–Trinajstić information content (AvgIpc) is 3.42. The van der Waals surface area contributed by atoms with Gasteiger partial charge < -0.3 is 9.84 Å². The zero-order valence-electron chi connectivity index (χ0n) is 16.7. The summed E-state index contributed by atoms with van der Waals surface area (Å²) in [6, 6.07) is 5.62. The van der Waals surface area contributed by atoms with E-state index in [1.165, 1.54) is 18.2 Å². The monoisotopic (exact) mass is 474 g/mol. The van der Waals surface area contributed by atoms with Crippen molar-refractivity contribution in [3.05, 3.63) is 41.5 Å². The molecule has 1 atom stereocenters. The van der Waals surface area contributed by atoms with Crippen molar-refractivity contribution >= 4 is 17.0 Å². The topological polar surface area (TPSA) is 85.5 Å². The molecule has 0 saturated heterocycles. The molecule has 6 nitrogen and oxygen atoms in total. The molecule has 1 N–H and O–H groups in total. The van der Waals surface area contributed by atoms with Gasteiger partial charge in [-0.25, -0.2) is 4.63 Å². The Morgan fingerprint density at radius 3 is 2.39 bits per heavy atom. The predicted molar refractivity (Wildman–Crippen MR) is 102 cm³/mol. The van der Waals surface area contributed by atoms with Crippen molar-refractivity contribution in [2.45, 2.75) is 37.5 Å². The molecule has 2 aromatic carbocycles. The van der Waals surface area contributed by atoms with Gasteiger partial charge in [-0.1, -0.05) is 18.9 Å². The number of alkyl halides is 6. The van der Waals surface area contributed by atoms with Crippen LogP contribution in [0.4, 0.5) is 26.3 Å². The number of ether oxygens (including phenoxy) is 1. The van der Waals surface area contributed by atoms with Crippen LogP contribution >= 0.6 is 0 Å². The molecule has 1 saturated carbocycles. The highest BCUT2D eigenvalue weighted by Gasteiger charge is 2.41. The maximum atomic E-state index is 14.1. The number of hydrogen-bond donors (Lipinski definition) is 1. The van der Waals surface area contributed by atoms with Gasteiger partial charge in [0.15, 0.2) is 6.61 Å². The minimum atomic E-state index is -5.10. The molecule has 1 unspecified atom stereocenters. The van der Waals surface area contributed by atoms with Gasteiger partial charge in [0.05, 0.1) is 5.92 Å². The number of carbonyl (C=O) groups is 1. The van der Waals surface area contributed by atoms with Crippen LogP contribution < -0.4 is 4.74 Å². The lowest BCUT2D eigenvalue weighted by Gasteiger charge is -2.22. The van der Waals surface area contributed by atoms with E-state index in [4.69, 9.17) is 0 Å². The SMILES string of the molecule is O=C(O)C(CC1CC1)c1cc(OCC(F)(F)F)c(C(F)(F)F)c(-c2ccc3nonc3c2)c1. The molecule has 1 aliphatic carbocycles. The summed E-state index contributed by atoms with van der Waals surface area (Å²) in [6.07, 6.45) is -8.27. The van der Waals surface area contributed by atoms with Crippen LogP contribution in [-0.4, -0.2) is 34.2 Å². The Morgan fingerprint density at radius 2 is 1.79 bits per heavy atom. The number of aliphatic carboxylic acids is 1. The number of nitrogens with zero attached hydrogens (tertiary/aromatic N) is 2. The van der Waals surface area contributed by atoms with Crippen molar-refractivity contribution in [3.8, 4) is 16.9 Å². The molecule has 1 aromatic heterocycles. The van der Waals surface area contributed by atoms with Gasteiger partial charge in [0.25, 0.3) is 0 Å². The van der Waals surface area contributed by atoms with Gasteiger partial charge in [-0.05, 0) is 63.6 Å². The maximum absolute atomic E-state index is 14.1. The molecule has 0 radical (unpaired) electrons. The zero-order valence-corrected chi connectivity index (χ0v) is 16.7. The van der Waals surface area contributed by atoms with Gasteiger partial charge in [-0.3, -0.25) is 4.79 Å². The summed E-state index contributed by atoms with van der Waals surface area (Å²) >= 11 is 0. The van der Waals surface area contributed by atoms with E-state index in [0.29, 0.717) is 0 Å². The smallest absolute Gasteiger partial charge is 0.422 e. The Hall–Kier alpha value is -3.31. The molecule has 33 heavy (non-hydrogen) atoms. The highest BCUT2D eigenvalue weighted by atomic mass is 19.4. The molecule has 0 amide bonds. The van der Waals surface area contributed by atoms with E-state index < -0.39 is 47.7 Å². The third kappa shape index (κ3) is 5.20. The first kappa shape index (κ1) is 22.9. The molecule has 1 heterocycles. The van der Waals surface area contributed by atoms with Gasteiger partial charge >= 0.3 is 18.3 Å². The van der Waals surface area contributed by atoms with Gasteiger partial charge in [-0.2, -0.15) is 26.3 Å². The number of aromatic nitrogens is 2. The van der Waals surface area contributed by atoms with Crippen molar-refractivity contribution in [2.24, 2.45) is 5.92 Å². The molecule has 0 aliphatic heterocycles. The van der Waals surface area contributed by atoms with Crippen LogP contribution in [0.25, 0.3) is 22.2 Å². The number of hydrogen-bond acceptors (Lipinski definition) is 5. The van der Waals surface area contributed by atoms with E-state index in [1.54, 1.807) is 0 Å². The molecule has 176 valence electrons. The highest BCUT2D eigenvalue weighted by Crippen LogP contribution is 2.47. The van der Waals surface area contributed by atoms with Crippen molar-refractivity contribution in [1.29, 1.82) is 0 Å².